The second-order valence-corrected chi connectivity index (χ2v) is 5.61. The van der Waals surface area contributed by atoms with Crippen molar-refractivity contribution in [1.82, 2.24) is 0 Å². The van der Waals surface area contributed by atoms with Gasteiger partial charge in [0.25, 0.3) is 0 Å². The minimum absolute atomic E-state index is 0.0493. The Kier molecular flexibility index (Phi) is 4.09. The fraction of sp³-hybridized carbons (Fsp3) is 0.167. The monoisotopic (exact) mass is 332 g/mol. The number of halogens is 2. The molecule has 1 aliphatic rings. The summed E-state index contributed by atoms with van der Waals surface area (Å²) in [6, 6.07) is 9.78. The first kappa shape index (κ1) is 15.6. The van der Waals surface area contributed by atoms with E-state index in [2.05, 4.69) is 0 Å². The molecule has 2 aromatic carbocycles. The van der Waals surface area contributed by atoms with Gasteiger partial charge < -0.3 is 9.47 Å². The molecule has 0 fully saturated rings. The molecule has 3 nitrogen and oxygen atoms in total. The smallest absolute Gasteiger partial charge is 0.337 e. The Morgan fingerprint density at radius 1 is 1.26 bits per heavy atom. The van der Waals surface area contributed by atoms with E-state index in [0.29, 0.717) is 28.0 Å². The molecule has 1 unspecified atom stereocenters. The van der Waals surface area contributed by atoms with E-state index in [4.69, 9.17) is 21.1 Å². The minimum atomic E-state index is -0.496. The number of hydrogen-bond acceptors (Lipinski definition) is 3. The second-order valence-electron chi connectivity index (χ2n) is 5.21. The van der Waals surface area contributed by atoms with Gasteiger partial charge in [0.15, 0.2) is 0 Å². The van der Waals surface area contributed by atoms with Crippen molar-refractivity contribution in [3.63, 3.8) is 0 Å². The SMILES string of the molecule is COC(=O)c1ccc2c(c1)C(c1cccc(Cl)c1F)=CC(C)O2. The summed E-state index contributed by atoms with van der Waals surface area (Å²) in [5.74, 6) is -0.372. The number of carbonyl (C=O) groups is 1. The zero-order valence-electron chi connectivity index (χ0n) is 12.6. The van der Waals surface area contributed by atoms with Gasteiger partial charge in [0.05, 0.1) is 17.7 Å². The molecule has 0 saturated carbocycles. The van der Waals surface area contributed by atoms with Crippen molar-refractivity contribution < 1.29 is 18.7 Å². The number of methoxy groups -OCH3 is 1. The van der Waals surface area contributed by atoms with E-state index in [1.165, 1.54) is 13.2 Å². The first-order valence-corrected chi connectivity index (χ1v) is 7.44. The van der Waals surface area contributed by atoms with E-state index >= 15 is 0 Å². The van der Waals surface area contributed by atoms with Crippen LogP contribution in [-0.4, -0.2) is 19.2 Å². The molecule has 1 aliphatic heterocycles. The highest BCUT2D eigenvalue weighted by molar-refractivity contribution is 6.31. The summed E-state index contributed by atoms with van der Waals surface area (Å²) in [6.45, 7) is 1.86. The number of esters is 1. The number of hydrogen-bond donors (Lipinski definition) is 0. The summed E-state index contributed by atoms with van der Waals surface area (Å²) in [7, 11) is 1.31. The largest absolute Gasteiger partial charge is 0.486 e. The van der Waals surface area contributed by atoms with E-state index in [1.54, 1.807) is 36.4 Å². The highest BCUT2D eigenvalue weighted by Crippen LogP contribution is 2.38. The van der Waals surface area contributed by atoms with E-state index in [-0.39, 0.29) is 11.1 Å². The molecule has 0 aromatic heterocycles. The average molecular weight is 333 g/mol. The molecule has 1 atom stereocenters. The second kappa shape index (κ2) is 6.05. The van der Waals surface area contributed by atoms with Crippen LogP contribution in [-0.2, 0) is 4.74 Å². The van der Waals surface area contributed by atoms with E-state index < -0.39 is 11.8 Å². The van der Waals surface area contributed by atoms with Crippen LogP contribution in [0.3, 0.4) is 0 Å². The number of carbonyl (C=O) groups excluding carboxylic acids is 1. The first-order chi connectivity index (χ1) is 11.0. The fourth-order valence-electron chi connectivity index (χ4n) is 2.59. The summed E-state index contributed by atoms with van der Waals surface area (Å²) >= 11 is 5.89. The predicted octanol–water partition coefficient (Wildman–Crippen LogP) is 4.48. The van der Waals surface area contributed by atoms with Crippen LogP contribution < -0.4 is 4.74 Å². The zero-order chi connectivity index (χ0) is 16.6. The number of fused-ring (bicyclic) bond motifs is 1. The molecule has 0 amide bonds. The molecule has 0 aliphatic carbocycles. The molecule has 0 N–H and O–H groups in total. The highest BCUT2D eigenvalue weighted by atomic mass is 35.5. The quantitative estimate of drug-likeness (QED) is 0.761. The molecular weight excluding hydrogens is 319 g/mol. The molecule has 0 bridgehead atoms. The van der Waals surface area contributed by atoms with Crippen molar-refractivity contribution in [2.24, 2.45) is 0 Å². The van der Waals surface area contributed by atoms with Gasteiger partial charge in [0.1, 0.15) is 17.7 Å². The summed E-state index contributed by atoms with van der Waals surface area (Å²) < 4.78 is 24.9. The van der Waals surface area contributed by atoms with Crippen LogP contribution in [0, 0.1) is 5.82 Å². The van der Waals surface area contributed by atoms with Gasteiger partial charge in [0.2, 0.25) is 0 Å². The van der Waals surface area contributed by atoms with Crippen LogP contribution in [0.2, 0.25) is 5.02 Å². The maximum Gasteiger partial charge on any atom is 0.337 e. The van der Waals surface area contributed by atoms with Gasteiger partial charge in [-0.15, -0.1) is 0 Å². The summed E-state index contributed by atoms with van der Waals surface area (Å²) in [5.41, 5.74) is 2.02. The number of rotatable bonds is 2. The van der Waals surface area contributed by atoms with Crippen molar-refractivity contribution >= 4 is 23.1 Å². The number of benzene rings is 2. The summed E-state index contributed by atoms with van der Waals surface area (Å²) in [5, 5.41) is 0.0493. The van der Waals surface area contributed by atoms with Crippen molar-refractivity contribution in [1.29, 1.82) is 0 Å². The molecule has 3 rings (SSSR count). The average Bonchev–Trinajstić information content (AvgIpc) is 2.55. The van der Waals surface area contributed by atoms with Crippen molar-refractivity contribution in [3.05, 3.63) is 70.0 Å². The summed E-state index contributed by atoms with van der Waals surface area (Å²) in [4.78, 5) is 11.8. The van der Waals surface area contributed by atoms with Crippen LogP contribution in [0.15, 0.2) is 42.5 Å². The Balaban J connectivity index is 2.19. The van der Waals surface area contributed by atoms with Crippen molar-refractivity contribution in [3.8, 4) is 5.75 Å². The standard InChI is InChI=1S/C18H14ClFO3/c1-10-8-13(12-4-3-5-15(19)17(12)20)14-9-11(18(21)22-2)6-7-16(14)23-10/h3-10H,1-2H3. The molecule has 2 aromatic rings. The summed E-state index contributed by atoms with van der Waals surface area (Å²) in [6.07, 6.45) is 1.58. The lowest BCUT2D eigenvalue weighted by Crippen LogP contribution is -2.16. The van der Waals surface area contributed by atoms with Gasteiger partial charge in [-0.1, -0.05) is 23.7 Å². The Bertz CT molecular complexity index is 814. The van der Waals surface area contributed by atoms with Crippen LogP contribution >= 0.6 is 11.6 Å². The van der Waals surface area contributed by atoms with Crippen molar-refractivity contribution in [2.45, 2.75) is 13.0 Å². The van der Waals surface area contributed by atoms with Crippen LogP contribution in [0.1, 0.15) is 28.4 Å². The molecule has 1 heterocycles. The third kappa shape index (κ3) is 2.82. The fourth-order valence-corrected chi connectivity index (χ4v) is 2.77. The van der Waals surface area contributed by atoms with Gasteiger partial charge in [-0.3, -0.25) is 0 Å². The van der Waals surface area contributed by atoms with E-state index in [0.717, 1.165) is 0 Å². The molecule has 23 heavy (non-hydrogen) atoms. The lowest BCUT2D eigenvalue weighted by Gasteiger charge is -2.24. The van der Waals surface area contributed by atoms with Crippen LogP contribution in [0.25, 0.3) is 5.57 Å². The molecule has 0 radical (unpaired) electrons. The van der Waals surface area contributed by atoms with E-state index in [9.17, 15) is 9.18 Å². The molecule has 0 saturated heterocycles. The number of ether oxygens (including phenoxy) is 2. The maximum absolute atomic E-state index is 14.4. The van der Waals surface area contributed by atoms with Gasteiger partial charge in [-0.25, -0.2) is 9.18 Å². The van der Waals surface area contributed by atoms with Gasteiger partial charge in [-0.05, 0) is 42.8 Å². The topological polar surface area (TPSA) is 35.5 Å². The lowest BCUT2D eigenvalue weighted by molar-refractivity contribution is 0.0600. The zero-order valence-corrected chi connectivity index (χ0v) is 13.4. The van der Waals surface area contributed by atoms with Gasteiger partial charge >= 0.3 is 5.97 Å². The van der Waals surface area contributed by atoms with Gasteiger partial charge in [0, 0.05) is 11.1 Å². The Labute approximate surface area is 138 Å². The third-order valence-electron chi connectivity index (χ3n) is 3.65. The van der Waals surface area contributed by atoms with Crippen LogP contribution in [0.5, 0.6) is 5.75 Å². The Morgan fingerprint density at radius 3 is 2.78 bits per heavy atom. The first-order valence-electron chi connectivity index (χ1n) is 7.07. The Morgan fingerprint density at radius 2 is 2.04 bits per heavy atom. The normalized spacial score (nSPS) is 16.2. The third-order valence-corrected chi connectivity index (χ3v) is 3.94. The lowest BCUT2D eigenvalue weighted by atomic mass is 9.92. The molecule has 5 heteroatoms. The van der Waals surface area contributed by atoms with Crippen LogP contribution in [0.4, 0.5) is 4.39 Å². The maximum atomic E-state index is 14.4. The molecule has 118 valence electrons. The molecule has 0 spiro atoms. The predicted molar refractivity (Wildman–Crippen MR) is 86.4 cm³/mol. The van der Waals surface area contributed by atoms with Gasteiger partial charge in [-0.2, -0.15) is 0 Å². The molecular formula is C18H14ClFO3. The van der Waals surface area contributed by atoms with E-state index in [1.807, 2.05) is 6.92 Å². The van der Waals surface area contributed by atoms with Crippen molar-refractivity contribution in [2.75, 3.05) is 7.11 Å². The Hall–Kier alpha value is -2.33. The minimum Gasteiger partial charge on any atom is -0.486 e. The highest BCUT2D eigenvalue weighted by Gasteiger charge is 2.23.